The second kappa shape index (κ2) is 5.20. The van der Waals surface area contributed by atoms with E-state index in [1.807, 2.05) is 12.1 Å². The largest absolute Gasteiger partial charge is 0.395 e. The summed E-state index contributed by atoms with van der Waals surface area (Å²) in [5.41, 5.74) is 0.946. The van der Waals surface area contributed by atoms with Gasteiger partial charge in [0.1, 0.15) is 0 Å². The molecule has 2 atom stereocenters. The third-order valence-electron chi connectivity index (χ3n) is 1.68. The molecule has 0 saturated heterocycles. The highest BCUT2D eigenvalue weighted by atomic mass is 79.9. The van der Waals surface area contributed by atoms with E-state index in [1.165, 1.54) is 0 Å². The Balaban J connectivity index is 2.77. The van der Waals surface area contributed by atoms with Crippen molar-refractivity contribution < 1.29 is 5.11 Å². The van der Waals surface area contributed by atoms with Gasteiger partial charge in [-0.15, -0.1) is 11.6 Å². The van der Waals surface area contributed by atoms with Crippen LogP contribution in [0.2, 0.25) is 5.02 Å². The van der Waals surface area contributed by atoms with Gasteiger partial charge in [0.15, 0.2) is 0 Å². The zero-order valence-corrected chi connectivity index (χ0v) is 9.85. The van der Waals surface area contributed by atoms with Gasteiger partial charge in [0.05, 0.1) is 16.8 Å². The second-order valence-electron chi connectivity index (χ2n) is 2.65. The Morgan fingerprint density at radius 2 is 1.85 bits per heavy atom. The lowest BCUT2D eigenvalue weighted by molar-refractivity contribution is 0.294. The number of aliphatic hydroxyl groups is 1. The minimum Gasteiger partial charge on any atom is -0.395 e. The summed E-state index contributed by atoms with van der Waals surface area (Å²) in [5, 5.41) is 9.31. The number of rotatable bonds is 3. The molecule has 0 spiro atoms. The van der Waals surface area contributed by atoms with Gasteiger partial charge in [-0.25, -0.2) is 0 Å². The molecule has 2 unspecified atom stereocenters. The second-order valence-corrected chi connectivity index (χ2v) is 4.73. The fourth-order valence-electron chi connectivity index (χ4n) is 0.948. The molecule has 0 aromatic heterocycles. The molecule has 0 fully saturated rings. The summed E-state index contributed by atoms with van der Waals surface area (Å²) in [4.78, 5) is -0.129. The standard InChI is InChI=1S/C9H9BrCl2O/c10-8(5-13)9(12)6-1-3-7(11)4-2-6/h1-4,8-9,13H,5H2. The summed E-state index contributed by atoms with van der Waals surface area (Å²) in [6.07, 6.45) is 0. The van der Waals surface area contributed by atoms with E-state index in [4.69, 9.17) is 28.3 Å². The Morgan fingerprint density at radius 1 is 1.31 bits per heavy atom. The summed E-state index contributed by atoms with van der Waals surface area (Å²) in [6, 6.07) is 7.26. The van der Waals surface area contributed by atoms with Gasteiger partial charge in [-0.1, -0.05) is 39.7 Å². The van der Waals surface area contributed by atoms with Crippen LogP contribution in [0.5, 0.6) is 0 Å². The summed E-state index contributed by atoms with van der Waals surface area (Å²) in [5.74, 6) is 0. The molecule has 1 aromatic carbocycles. The van der Waals surface area contributed by atoms with Gasteiger partial charge in [-0.2, -0.15) is 0 Å². The minimum absolute atomic E-state index is 0.0107. The van der Waals surface area contributed by atoms with Crippen LogP contribution in [0.15, 0.2) is 24.3 Å². The van der Waals surface area contributed by atoms with E-state index in [1.54, 1.807) is 12.1 Å². The maximum absolute atomic E-state index is 8.86. The van der Waals surface area contributed by atoms with Crippen molar-refractivity contribution in [2.75, 3.05) is 6.61 Å². The number of aliphatic hydroxyl groups excluding tert-OH is 1. The zero-order chi connectivity index (χ0) is 9.84. The molecule has 1 nitrogen and oxygen atoms in total. The van der Waals surface area contributed by atoms with Gasteiger partial charge in [0.25, 0.3) is 0 Å². The van der Waals surface area contributed by atoms with Crippen molar-refractivity contribution >= 4 is 39.1 Å². The molecule has 0 heterocycles. The van der Waals surface area contributed by atoms with Gasteiger partial charge in [-0.3, -0.25) is 0 Å². The average Bonchev–Trinajstić information content (AvgIpc) is 2.17. The van der Waals surface area contributed by atoms with E-state index < -0.39 is 0 Å². The van der Waals surface area contributed by atoms with Gasteiger partial charge >= 0.3 is 0 Å². The van der Waals surface area contributed by atoms with Crippen LogP contribution in [-0.2, 0) is 0 Å². The van der Waals surface area contributed by atoms with Crippen molar-refractivity contribution in [3.63, 3.8) is 0 Å². The van der Waals surface area contributed by atoms with Crippen LogP contribution in [0.1, 0.15) is 10.9 Å². The van der Waals surface area contributed by atoms with Crippen molar-refractivity contribution in [1.29, 1.82) is 0 Å². The molecule has 0 radical (unpaired) electrons. The number of alkyl halides is 2. The summed E-state index contributed by atoms with van der Waals surface area (Å²) in [7, 11) is 0. The van der Waals surface area contributed by atoms with Gasteiger partial charge in [0.2, 0.25) is 0 Å². The van der Waals surface area contributed by atoms with Crippen LogP contribution < -0.4 is 0 Å². The van der Waals surface area contributed by atoms with E-state index in [-0.39, 0.29) is 16.8 Å². The molecule has 0 saturated carbocycles. The molecule has 0 bridgehead atoms. The van der Waals surface area contributed by atoms with Crippen LogP contribution in [0.4, 0.5) is 0 Å². The highest BCUT2D eigenvalue weighted by Gasteiger charge is 2.16. The predicted molar refractivity (Wildman–Crippen MR) is 59.8 cm³/mol. The van der Waals surface area contributed by atoms with Gasteiger partial charge in [0, 0.05) is 5.02 Å². The molecule has 13 heavy (non-hydrogen) atoms. The molecule has 1 rings (SSSR count). The fourth-order valence-corrected chi connectivity index (χ4v) is 1.60. The first-order valence-electron chi connectivity index (χ1n) is 3.79. The Labute approximate surface area is 95.8 Å². The van der Waals surface area contributed by atoms with Crippen molar-refractivity contribution in [2.45, 2.75) is 10.2 Å². The summed E-state index contributed by atoms with van der Waals surface area (Å²) >= 11 is 15.1. The van der Waals surface area contributed by atoms with Crippen molar-refractivity contribution in [2.24, 2.45) is 0 Å². The Kier molecular flexibility index (Phi) is 4.53. The molecule has 1 aromatic rings. The van der Waals surface area contributed by atoms with Gasteiger partial charge < -0.3 is 5.11 Å². The Hall–Kier alpha value is 0.240. The first kappa shape index (κ1) is 11.3. The molecule has 0 aliphatic rings. The third kappa shape index (κ3) is 3.13. The SMILES string of the molecule is OCC(Br)C(Cl)c1ccc(Cl)cc1. The zero-order valence-electron chi connectivity index (χ0n) is 6.75. The molecule has 0 aliphatic heterocycles. The van der Waals surface area contributed by atoms with Crippen LogP contribution in [0.3, 0.4) is 0 Å². The summed E-state index contributed by atoms with van der Waals surface area (Å²) in [6.45, 7) is 0.0107. The highest BCUT2D eigenvalue weighted by molar-refractivity contribution is 9.09. The number of hydrogen-bond acceptors (Lipinski definition) is 1. The van der Waals surface area contributed by atoms with Gasteiger partial charge in [-0.05, 0) is 17.7 Å². The molecular weight excluding hydrogens is 275 g/mol. The predicted octanol–water partition coefficient (Wildman–Crippen LogP) is 3.38. The molecular formula is C9H9BrCl2O. The van der Waals surface area contributed by atoms with E-state index >= 15 is 0 Å². The number of benzene rings is 1. The highest BCUT2D eigenvalue weighted by Crippen LogP contribution is 2.29. The molecule has 72 valence electrons. The quantitative estimate of drug-likeness (QED) is 0.844. The maximum Gasteiger partial charge on any atom is 0.0732 e. The third-order valence-corrected chi connectivity index (χ3v) is 3.61. The van der Waals surface area contributed by atoms with E-state index in [2.05, 4.69) is 15.9 Å². The lowest BCUT2D eigenvalue weighted by Crippen LogP contribution is -2.11. The van der Waals surface area contributed by atoms with Crippen LogP contribution in [0, 0.1) is 0 Å². The van der Waals surface area contributed by atoms with Crippen molar-refractivity contribution in [3.8, 4) is 0 Å². The molecule has 0 amide bonds. The van der Waals surface area contributed by atoms with Crippen molar-refractivity contribution in [3.05, 3.63) is 34.9 Å². The normalized spacial score (nSPS) is 15.4. The minimum atomic E-state index is -0.234. The first-order valence-corrected chi connectivity index (χ1v) is 5.52. The van der Waals surface area contributed by atoms with E-state index in [9.17, 15) is 0 Å². The topological polar surface area (TPSA) is 20.2 Å². The molecule has 1 N–H and O–H groups in total. The monoisotopic (exact) mass is 282 g/mol. The molecule has 4 heteroatoms. The Bertz CT molecular complexity index is 263. The van der Waals surface area contributed by atoms with Crippen LogP contribution in [-0.4, -0.2) is 16.5 Å². The first-order chi connectivity index (χ1) is 6.15. The lowest BCUT2D eigenvalue weighted by Gasteiger charge is -2.13. The van der Waals surface area contributed by atoms with Crippen LogP contribution >= 0.6 is 39.1 Å². The average molecular weight is 284 g/mol. The van der Waals surface area contributed by atoms with E-state index in [0.717, 1.165) is 5.56 Å². The number of hydrogen-bond donors (Lipinski definition) is 1. The lowest BCUT2D eigenvalue weighted by atomic mass is 10.1. The smallest absolute Gasteiger partial charge is 0.0732 e. The fraction of sp³-hybridized carbons (Fsp3) is 0.333. The Morgan fingerprint density at radius 3 is 2.31 bits per heavy atom. The van der Waals surface area contributed by atoms with Crippen molar-refractivity contribution in [1.82, 2.24) is 0 Å². The van der Waals surface area contributed by atoms with Crippen LogP contribution in [0.25, 0.3) is 0 Å². The summed E-state index contributed by atoms with van der Waals surface area (Å²) < 4.78 is 0. The molecule has 0 aliphatic carbocycles. The maximum atomic E-state index is 8.86. The van der Waals surface area contributed by atoms with E-state index in [0.29, 0.717) is 5.02 Å². The number of halogens is 3.